The molecule has 2 N–H and O–H groups in total. The molecular formula is C24H25F2N3O2. The molecule has 2 heterocycles. The smallest absolute Gasteiger partial charge is 0.261 e. The molecule has 2 aromatic carbocycles. The van der Waals surface area contributed by atoms with Gasteiger partial charge in [-0.25, -0.2) is 8.78 Å². The van der Waals surface area contributed by atoms with Crippen molar-refractivity contribution in [3.63, 3.8) is 0 Å². The summed E-state index contributed by atoms with van der Waals surface area (Å²) in [5.74, 6) is -1.22. The lowest BCUT2D eigenvalue weighted by Crippen LogP contribution is -2.37. The molecular weight excluding hydrogens is 400 g/mol. The monoisotopic (exact) mass is 425 g/mol. The predicted octanol–water partition coefficient (Wildman–Crippen LogP) is 3.52. The first-order chi connectivity index (χ1) is 15.0. The van der Waals surface area contributed by atoms with Gasteiger partial charge in [0.15, 0.2) is 0 Å². The number of fused-ring (bicyclic) bond motifs is 1. The third kappa shape index (κ3) is 4.37. The van der Waals surface area contributed by atoms with Gasteiger partial charge in [0.2, 0.25) is 0 Å². The van der Waals surface area contributed by atoms with E-state index in [1.165, 1.54) is 28.8 Å². The number of piperidine rings is 1. The Hall–Kier alpha value is -3.06. The molecule has 0 bridgehead atoms. The first-order valence-corrected chi connectivity index (χ1v) is 10.5. The van der Waals surface area contributed by atoms with Crippen LogP contribution in [0.3, 0.4) is 0 Å². The molecule has 0 spiro atoms. The summed E-state index contributed by atoms with van der Waals surface area (Å²) in [7, 11) is 0. The Morgan fingerprint density at radius 3 is 2.77 bits per heavy atom. The summed E-state index contributed by atoms with van der Waals surface area (Å²) in [5, 5.41) is 6.33. The molecule has 1 aromatic heterocycles. The summed E-state index contributed by atoms with van der Waals surface area (Å²) in [4.78, 5) is 26.3. The second-order valence-corrected chi connectivity index (χ2v) is 8.06. The first kappa shape index (κ1) is 21.2. The molecule has 1 aliphatic heterocycles. The standard InChI is InChI=1S/C24H25F2N3O2/c1-15-21(23(30)28-13-16-5-2-7-18(25)11-16)19-8-3-9-20(26)22(19)24(31)29(15)14-17-6-4-10-27-12-17/h2-3,5,7-9,11,17,27H,4,6,10,12-14H2,1H3,(H,28,30). The quantitative estimate of drug-likeness (QED) is 0.658. The fraction of sp³-hybridized carbons (Fsp3) is 0.333. The third-order valence-electron chi connectivity index (χ3n) is 5.92. The number of amides is 1. The Morgan fingerprint density at radius 1 is 1.23 bits per heavy atom. The lowest BCUT2D eigenvalue weighted by Gasteiger charge is -2.25. The zero-order valence-electron chi connectivity index (χ0n) is 17.4. The SMILES string of the molecule is Cc1c(C(=O)NCc2cccc(F)c2)c2cccc(F)c2c(=O)n1CC1CCCNC1. The van der Waals surface area contributed by atoms with Gasteiger partial charge in [-0.1, -0.05) is 24.3 Å². The van der Waals surface area contributed by atoms with Crippen LogP contribution in [0.25, 0.3) is 10.8 Å². The molecule has 5 nitrogen and oxygen atoms in total. The van der Waals surface area contributed by atoms with Gasteiger partial charge in [0.25, 0.3) is 11.5 Å². The first-order valence-electron chi connectivity index (χ1n) is 10.5. The van der Waals surface area contributed by atoms with Crippen molar-refractivity contribution in [1.29, 1.82) is 0 Å². The number of carbonyl (C=O) groups is 1. The van der Waals surface area contributed by atoms with Crippen molar-refractivity contribution in [2.75, 3.05) is 13.1 Å². The average Bonchev–Trinajstić information content (AvgIpc) is 2.76. The summed E-state index contributed by atoms with van der Waals surface area (Å²) in [6.45, 7) is 4.00. The zero-order chi connectivity index (χ0) is 22.0. The van der Waals surface area contributed by atoms with Gasteiger partial charge in [-0.2, -0.15) is 0 Å². The number of aromatic nitrogens is 1. The number of rotatable bonds is 5. The maximum atomic E-state index is 14.7. The number of nitrogens with one attached hydrogen (secondary N) is 2. The maximum Gasteiger partial charge on any atom is 0.261 e. The minimum Gasteiger partial charge on any atom is -0.348 e. The van der Waals surface area contributed by atoms with E-state index in [-0.39, 0.29) is 34.6 Å². The number of pyridine rings is 1. The van der Waals surface area contributed by atoms with E-state index in [0.717, 1.165) is 25.9 Å². The van der Waals surface area contributed by atoms with E-state index in [1.807, 2.05) is 0 Å². The van der Waals surface area contributed by atoms with Crippen molar-refractivity contribution in [1.82, 2.24) is 15.2 Å². The molecule has 1 fully saturated rings. The van der Waals surface area contributed by atoms with Gasteiger partial charge in [-0.05, 0) is 62.5 Å². The number of carbonyl (C=O) groups excluding carboxylic acids is 1. The topological polar surface area (TPSA) is 63.1 Å². The van der Waals surface area contributed by atoms with Crippen LogP contribution in [0.15, 0.2) is 47.3 Å². The van der Waals surface area contributed by atoms with Crippen molar-refractivity contribution < 1.29 is 13.6 Å². The van der Waals surface area contributed by atoms with Gasteiger partial charge in [0.1, 0.15) is 11.6 Å². The summed E-state index contributed by atoms with van der Waals surface area (Å²) < 4.78 is 29.7. The van der Waals surface area contributed by atoms with Crippen LogP contribution < -0.4 is 16.2 Å². The van der Waals surface area contributed by atoms with E-state index < -0.39 is 17.3 Å². The lowest BCUT2D eigenvalue weighted by atomic mass is 9.98. The Kier molecular flexibility index (Phi) is 6.13. The van der Waals surface area contributed by atoms with Gasteiger partial charge in [-0.3, -0.25) is 9.59 Å². The molecule has 1 aliphatic rings. The maximum absolute atomic E-state index is 14.7. The van der Waals surface area contributed by atoms with Gasteiger partial charge >= 0.3 is 0 Å². The fourth-order valence-corrected chi connectivity index (χ4v) is 4.33. The van der Waals surface area contributed by atoms with Crippen LogP contribution in [0.4, 0.5) is 8.78 Å². The molecule has 1 amide bonds. The lowest BCUT2D eigenvalue weighted by molar-refractivity contribution is 0.0950. The van der Waals surface area contributed by atoms with E-state index in [1.54, 1.807) is 25.1 Å². The largest absolute Gasteiger partial charge is 0.348 e. The molecule has 3 aromatic rings. The molecule has 0 saturated carbocycles. The number of benzene rings is 2. The van der Waals surface area contributed by atoms with Crippen LogP contribution in [0.2, 0.25) is 0 Å². The molecule has 7 heteroatoms. The van der Waals surface area contributed by atoms with E-state index in [0.29, 0.717) is 17.8 Å². The van der Waals surface area contributed by atoms with Crippen molar-refractivity contribution in [3.8, 4) is 0 Å². The molecule has 31 heavy (non-hydrogen) atoms. The van der Waals surface area contributed by atoms with Crippen molar-refractivity contribution in [3.05, 3.63) is 81.3 Å². The van der Waals surface area contributed by atoms with Crippen LogP contribution in [-0.2, 0) is 13.1 Å². The van der Waals surface area contributed by atoms with Gasteiger partial charge in [-0.15, -0.1) is 0 Å². The molecule has 1 atom stereocenters. The number of hydrogen-bond donors (Lipinski definition) is 2. The second-order valence-electron chi connectivity index (χ2n) is 8.06. The number of hydrogen-bond acceptors (Lipinski definition) is 3. The van der Waals surface area contributed by atoms with Crippen LogP contribution in [0, 0.1) is 24.5 Å². The fourth-order valence-electron chi connectivity index (χ4n) is 4.33. The summed E-state index contributed by atoms with van der Waals surface area (Å²) in [6, 6.07) is 10.3. The van der Waals surface area contributed by atoms with Gasteiger partial charge < -0.3 is 15.2 Å². The summed E-state index contributed by atoms with van der Waals surface area (Å²) in [5.41, 5.74) is 0.973. The highest BCUT2D eigenvalue weighted by atomic mass is 19.1. The Balaban J connectivity index is 1.74. The molecule has 162 valence electrons. The van der Waals surface area contributed by atoms with Crippen LogP contribution in [0.1, 0.15) is 34.5 Å². The Bertz CT molecular complexity index is 1180. The van der Waals surface area contributed by atoms with Crippen LogP contribution >= 0.6 is 0 Å². The van der Waals surface area contributed by atoms with Crippen molar-refractivity contribution in [2.45, 2.75) is 32.9 Å². The minimum absolute atomic E-state index is 0.0761. The normalized spacial score (nSPS) is 16.4. The highest BCUT2D eigenvalue weighted by molar-refractivity contribution is 6.07. The zero-order valence-corrected chi connectivity index (χ0v) is 17.4. The highest BCUT2D eigenvalue weighted by Crippen LogP contribution is 2.23. The van der Waals surface area contributed by atoms with Gasteiger partial charge in [0, 0.05) is 24.2 Å². The van der Waals surface area contributed by atoms with Gasteiger partial charge in [0.05, 0.1) is 10.9 Å². The third-order valence-corrected chi connectivity index (χ3v) is 5.92. The minimum atomic E-state index is -0.641. The number of nitrogens with zero attached hydrogens (tertiary/aromatic N) is 1. The predicted molar refractivity (Wildman–Crippen MR) is 116 cm³/mol. The van der Waals surface area contributed by atoms with Crippen molar-refractivity contribution >= 4 is 16.7 Å². The van der Waals surface area contributed by atoms with Crippen molar-refractivity contribution in [2.24, 2.45) is 5.92 Å². The molecule has 1 saturated heterocycles. The Morgan fingerprint density at radius 2 is 2.03 bits per heavy atom. The second kappa shape index (κ2) is 8.98. The Labute approximate surface area is 179 Å². The molecule has 4 rings (SSSR count). The van der Waals surface area contributed by atoms with E-state index >= 15 is 0 Å². The summed E-state index contributed by atoms with van der Waals surface area (Å²) >= 11 is 0. The summed E-state index contributed by atoms with van der Waals surface area (Å²) in [6.07, 6.45) is 1.98. The molecule has 0 radical (unpaired) electrons. The average molecular weight is 425 g/mol. The van der Waals surface area contributed by atoms with E-state index in [4.69, 9.17) is 0 Å². The molecule has 0 aliphatic carbocycles. The van der Waals surface area contributed by atoms with E-state index in [2.05, 4.69) is 10.6 Å². The van der Waals surface area contributed by atoms with Crippen LogP contribution in [-0.4, -0.2) is 23.6 Å². The van der Waals surface area contributed by atoms with Crippen LogP contribution in [0.5, 0.6) is 0 Å². The molecule has 1 unspecified atom stereocenters. The highest BCUT2D eigenvalue weighted by Gasteiger charge is 2.23. The van der Waals surface area contributed by atoms with E-state index in [9.17, 15) is 18.4 Å². The number of halogens is 2.